The van der Waals surface area contributed by atoms with E-state index in [2.05, 4.69) is 26.1 Å². The molecular weight excluding hydrogens is 270 g/mol. The predicted molar refractivity (Wildman–Crippen MR) is 78.2 cm³/mol. The van der Waals surface area contributed by atoms with Crippen LogP contribution in [0.4, 0.5) is 16.3 Å². The van der Waals surface area contributed by atoms with Crippen molar-refractivity contribution < 1.29 is 9.59 Å². The van der Waals surface area contributed by atoms with Crippen molar-refractivity contribution >= 4 is 23.4 Å². The molecule has 0 radical (unpaired) electrons. The maximum Gasteiger partial charge on any atom is 0.319 e. The van der Waals surface area contributed by atoms with E-state index in [9.17, 15) is 9.59 Å². The van der Waals surface area contributed by atoms with Crippen LogP contribution in [-0.2, 0) is 13.0 Å². The molecule has 0 bridgehead atoms. The summed E-state index contributed by atoms with van der Waals surface area (Å²) in [6, 6.07) is 6.73. The van der Waals surface area contributed by atoms with Crippen LogP contribution in [0.3, 0.4) is 0 Å². The van der Waals surface area contributed by atoms with Gasteiger partial charge in [0.15, 0.2) is 5.82 Å². The van der Waals surface area contributed by atoms with Gasteiger partial charge in [-0.15, -0.1) is 0 Å². The van der Waals surface area contributed by atoms with Crippen molar-refractivity contribution in [1.29, 1.82) is 0 Å². The molecule has 2 aromatic rings. The van der Waals surface area contributed by atoms with Crippen LogP contribution < -0.4 is 16.0 Å². The normalized spacial score (nSPS) is 13.1. The molecule has 1 aromatic heterocycles. The zero-order chi connectivity index (χ0) is 14.8. The topological polar surface area (TPSA) is 98.9 Å². The van der Waals surface area contributed by atoms with Crippen molar-refractivity contribution in [3.8, 4) is 0 Å². The van der Waals surface area contributed by atoms with E-state index in [1.807, 2.05) is 6.92 Å². The van der Waals surface area contributed by atoms with E-state index < -0.39 is 0 Å². The maximum absolute atomic E-state index is 12.2. The second kappa shape index (κ2) is 5.28. The summed E-state index contributed by atoms with van der Waals surface area (Å²) in [6.45, 7) is 2.41. The third kappa shape index (κ3) is 2.71. The lowest BCUT2D eigenvalue weighted by Gasteiger charge is -2.18. The first-order valence-corrected chi connectivity index (χ1v) is 6.69. The Morgan fingerprint density at radius 2 is 2.24 bits per heavy atom. The van der Waals surface area contributed by atoms with Crippen molar-refractivity contribution in [2.75, 3.05) is 10.6 Å². The van der Waals surface area contributed by atoms with E-state index in [4.69, 9.17) is 0 Å². The summed E-state index contributed by atoms with van der Waals surface area (Å²) in [5.74, 6) is 0.268. The largest absolute Gasteiger partial charge is 0.334 e. The minimum Gasteiger partial charge on any atom is -0.334 e. The number of benzene rings is 1. The summed E-state index contributed by atoms with van der Waals surface area (Å²) in [5.41, 5.74) is 3.08. The Hall–Kier alpha value is -2.83. The lowest BCUT2D eigenvalue weighted by Crippen LogP contribution is -2.33. The molecule has 0 saturated carbocycles. The van der Waals surface area contributed by atoms with E-state index in [-0.39, 0.29) is 11.9 Å². The monoisotopic (exact) mass is 285 g/mol. The quantitative estimate of drug-likeness (QED) is 0.692. The number of hydrogen-bond donors (Lipinski definition) is 4. The highest BCUT2D eigenvalue weighted by Crippen LogP contribution is 2.21. The number of aromatic amines is 1. The van der Waals surface area contributed by atoms with Gasteiger partial charge < -0.3 is 16.0 Å². The summed E-state index contributed by atoms with van der Waals surface area (Å²) in [7, 11) is 0. The van der Waals surface area contributed by atoms with Crippen LogP contribution >= 0.6 is 0 Å². The van der Waals surface area contributed by atoms with Crippen molar-refractivity contribution in [3.05, 3.63) is 41.1 Å². The van der Waals surface area contributed by atoms with E-state index in [1.165, 1.54) is 0 Å². The number of fused-ring (bicyclic) bond motifs is 1. The van der Waals surface area contributed by atoms with Gasteiger partial charge in [-0.25, -0.2) is 4.79 Å². The Morgan fingerprint density at radius 1 is 1.38 bits per heavy atom. The molecule has 4 N–H and O–H groups in total. The molecule has 3 rings (SSSR count). The molecule has 0 aliphatic carbocycles. The second-order valence-corrected chi connectivity index (χ2v) is 4.77. The number of aromatic nitrogens is 2. The second-order valence-electron chi connectivity index (χ2n) is 4.77. The van der Waals surface area contributed by atoms with Crippen molar-refractivity contribution in [2.24, 2.45) is 0 Å². The Kier molecular flexibility index (Phi) is 3.31. The van der Waals surface area contributed by atoms with Gasteiger partial charge in [0.1, 0.15) is 0 Å². The van der Waals surface area contributed by atoms with Crippen molar-refractivity contribution in [2.45, 2.75) is 19.9 Å². The van der Waals surface area contributed by atoms with Gasteiger partial charge in [-0.05, 0) is 30.2 Å². The van der Waals surface area contributed by atoms with Gasteiger partial charge in [-0.2, -0.15) is 5.10 Å². The maximum atomic E-state index is 12.2. The van der Waals surface area contributed by atoms with Crippen LogP contribution in [0, 0.1) is 0 Å². The SMILES string of the molecule is CCc1cc(NC(=O)c2ccc3c(c2)CNC(=O)N3)n[nH]1. The van der Waals surface area contributed by atoms with Gasteiger partial charge in [-0.3, -0.25) is 9.89 Å². The molecule has 0 fully saturated rings. The summed E-state index contributed by atoms with van der Waals surface area (Å²) in [6.07, 6.45) is 0.826. The Morgan fingerprint density at radius 3 is 3.00 bits per heavy atom. The Labute approximate surface area is 121 Å². The first-order chi connectivity index (χ1) is 10.2. The number of aryl methyl sites for hydroxylation is 1. The molecule has 108 valence electrons. The molecule has 3 amide bonds. The van der Waals surface area contributed by atoms with Gasteiger partial charge in [0.05, 0.1) is 0 Å². The molecule has 0 unspecified atom stereocenters. The zero-order valence-corrected chi connectivity index (χ0v) is 11.5. The molecule has 1 aromatic carbocycles. The summed E-state index contributed by atoms with van der Waals surface area (Å²) in [5, 5.41) is 15.0. The van der Waals surface area contributed by atoms with Gasteiger partial charge in [0, 0.05) is 29.6 Å². The van der Waals surface area contributed by atoms with Crippen LogP contribution in [0.5, 0.6) is 0 Å². The number of nitrogens with one attached hydrogen (secondary N) is 4. The van der Waals surface area contributed by atoms with E-state index in [0.717, 1.165) is 23.4 Å². The molecular formula is C14H15N5O2. The van der Waals surface area contributed by atoms with Crippen molar-refractivity contribution in [1.82, 2.24) is 15.5 Å². The average Bonchev–Trinajstić information content (AvgIpc) is 2.94. The lowest BCUT2D eigenvalue weighted by molar-refractivity contribution is 0.102. The fraction of sp³-hybridized carbons (Fsp3) is 0.214. The molecule has 2 heterocycles. The van der Waals surface area contributed by atoms with Gasteiger partial charge >= 0.3 is 6.03 Å². The standard InChI is InChI=1S/C14H15N5O2/c1-2-10-6-12(19-18-10)17-13(20)8-3-4-11-9(5-8)7-15-14(21)16-11/h3-6H,2,7H2,1H3,(H2,15,16,21)(H2,17,18,19,20). The molecule has 0 spiro atoms. The summed E-state index contributed by atoms with van der Waals surface area (Å²) in [4.78, 5) is 23.4. The number of urea groups is 1. The lowest BCUT2D eigenvalue weighted by atomic mass is 10.1. The molecule has 1 aliphatic rings. The number of anilines is 2. The number of hydrogen-bond acceptors (Lipinski definition) is 3. The number of H-pyrrole nitrogens is 1. The summed E-state index contributed by atoms with van der Waals surface area (Å²) >= 11 is 0. The number of carbonyl (C=O) groups is 2. The third-order valence-corrected chi connectivity index (χ3v) is 3.31. The van der Waals surface area contributed by atoms with Crippen LogP contribution in [0.25, 0.3) is 0 Å². The van der Waals surface area contributed by atoms with E-state index >= 15 is 0 Å². The smallest absolute Gasteiger partial charge is 0.319 e. The van der Waals surface area contributed by atoms with Crippen LogP contribution in [0.2, 0.25) is 0 Å². The Balaban J connectivity index is 1.77. The molecule has 7 heteroatoms. The van der Waals surface area contributed by atoms with E-state index in [0.29, 0.717) is 17.9 Å². The Bertz CT molecular complexity index is 707. The van der Waals surface area contributed by atoms with Crippen LogP contribution in [0.15, 0.2) is 24.3 Å². The molecule has 0 atom stereocenters. The minimum absolute atomic E-state index is 0.233. The fourth-order valence-electron chi connectivity index (χ4n) is 2.14. The first-order valence-electron chi connectivity index (χ1n) is 6.69. The highest BCUT2D eigenvalue weighted by atomic mass is 16.2. The number of nitrogens with zero attached hydrogens (tertiary/aromatic N) is 1. The molecule has 1 aliphatic heterocycles. The van der Waals surface area contributed by atoms with E-state index in [1.54, 1.807) is 24.3 Å². The predicted octanol–water partition coefficient (Wildman–Crippen LogP) is 1.86. The highest BCUT2D eigenvalue weighted by molar-refractivity contribution is 6.04. The summed E-state index contributed by atoms with van der Waals surface area (Å²) < 4.78 is 0. The van der Waals surface area contributed by atoms with Crippen LogP contribution in [-0.4, -0.2) is 22.1 Å². The fourth-order valence-corrected chi connectivity index (χ4v) is 2.14. The minimum atomic E-state index is -0.233. The van der Waals surface area contributed by atoms with Gasteiger partial charge in [0.2, 0.25) is 0 Å². The van der Waals surface area contributed by atoms with Gasteiger partial charge in [-0.1, -0.05) is 6.92 Å². The van der Waals surface area contributed by atoms with Crippen molar-refractivity contribution in [3.63, 3.8) is 0 Å². The third-order valence-electron chi connectivity index (χ3n) is 3.31. The van der Waals surface area contributed by atoms with Crippen LogP contribution in [0.1, 0.15) is 28.5 Å². The first kappa shape index (κ1) is 13.2. The number of carbonyl (C=O) groups excluding carboxylic acids is 2. The number of amides is 3. The zero-order valence-electron chi connectivity index (χ0n) is 11.5. The van der Waals surface area contributed by atoms with Gasteiger partial charge in [0.25, 0.3) is 5.91 Å². The molecule has 0 saturated heterocycles. The molecule has 7 nitrogen and oxygen atoms in total. The molecule has 21 heavy (non-hydrogen) atoms. The highest BCUT2D eigenvalue weighted by Gasteiger charge is 2.16. The number of rotatable bonds is 3. The average molecular weight is 285 g/mol.